The Bertz CT molecular complexity index is 346. The van der Waals surface area contributed by atoms with Crippen molar-refractivity contribution in [3.63, 3.8) is 0 Å². The Morgan fingerprint density at radius 3 is 2.56 bits per heavy atom. The molecule has 1 aromatic rings. The third-order valence-electron chi connectivity index (χ3n) is 3.40. The van der Waals surface area contributed by atoms with Crippen molar-refractivity contribution in [2.45, 2.75) is 43.7 Å². The summed E-state index contributed by atoms with van der Waals surface area (Å²) in [5, 5.41) is 3.70. The van der Waals surface area contributed by atoms with Crippen LogP contribution in [0, 0.1) is 0 Å². The van der Waals surface area contributed by atoms with Crippen LogP contribution in [0.25, 0.3) is 0 Å². The van der Waals surface area contributed by atoms with Crippen LogP contribution in [0.2, 0.25) is 0 Å². The normalized spacial score (nSPS) is 18.8. The summed E-state index contributed by atoms with van der Waals surface area (Å²) in [6, 6.07) is 9.98. The lowest BCUT2D eigenvalue weighted by atomic mass is 10.0. The maximum Gasteiger partial charge on any atom is 0.0480 e. The molecule has 0 radical (unpaired) electrons. The van der Waals surface area contributed by atoms with E-state index in [-0.39, 0.29) is 0 Å². The summed E-state index contributed by atoms with van der Waals surface area (Å²) in [5.41, 5.74) is 1.38. The third kappa shape index (κ3) is 4.01. The average Bonchev–Trinajstić information content (AvgIpc) is 2.41. The summed E-state index contributed by atoms with van der Waals surface area (Å²) in [6.07, 6.45) is 2.27. The molecule has 1 aromatic carbocycles. The fraction of sp³-hybridized carbons (Fsp3) is 0.600. The first-order chi connectivity index (χ1) is 8.79. The second kappa shape index (κ2) is 7.17. The Morgan fingerprint density at radius 1 is 1.28 bits per heavy atom. The van der Waals surface area contributed by atoms with E-state index in [4.69, 9.17) is 4.74 Å². The van der Waals surface area contributed by atoms with Crippen LogP contribution in [0.4, 0.5) is 0 Å². The van der Waals surface area contributed by atoms with Crippen molar-refractivity contribution in [3.8, 4) is 0 Å². The van der Waals surface area contributed by atoms with Gasteiger partial charge in [-0.1, -0.05) is 19.1 Å². The third-order valence-corrected chi connectivity index (χ3v) is 4.29. The molecule has 0 unspecified atom stereocenters. The molecule has 100 valence electrons. The Hall–Kier alpha value is -0.510. The van der Waals surface area contributed by atoms with Crippen molar-refractivity contribution < 1.29 is 4.74 Å². The lowest BCUT2D eigenvalue weighted by Gasteiger charge is -2.27. The molecule has 3 heteroatoms. The van der Waals surface area contributed by atoms with Crippen molar-refractivity contribution >= 4 is 11.8 Å². The van der Waals surface area contributed by atoms with E-state index < -0.39 is 0 Å². The molecule has 0 aromatic heterocycles. The van der Waals surface area contributed by atoms with E-state index in [1.54, 1.807) is 0 Å². The maximum atomic E-state index is 5.39. The molecule has 1 heterocycles. The van der Waals surface area contributed by atoms with Gasteiger partial charge in [0.2, 0.25) is 0 Å². The van der Waals surface area contributed by atoms with Crippen molar-refractivity contribution in [1.29, 1.82) is 0 Å². The molecule has 1 N–H and O–H groups in total. The van der Waals surface area contributed by atoms with Gasteiger partial charge in [0.15, 0.2) is 0 Å². The minimum absolute atomic E-state index is 0.425. The fourth-order valence-corrected chi connectivity index (χ4v) is 3.00. The molecule has 0 saturated carbocycles. The second-order valence-electron chi connectivity index (χ2n) is 4.78. The van der Waals surface area contributed by atoms with Gasteiger partial charge in [-0.3, -0.25) is 0 Å². The Labute approximate surface area is 114 Å². The van der Waals surface area contributed by atoms with Gasteiger partial charge in [-0.15, -0.1) is 11.8 Å². The minimum atomic E-state index is 0.425. The Balaban J connectivity index is 1.89. The molecular formula is C15H23NOS. The van der Waals surface area contributed by atoms with Crippen LogP contribution in [0.15, 0.2) is 29.2 Å². The zero-order chi connectivity index (χ0) is 12.8. The summed E-state index contributed by atoms with van der Waals surface area (Å²) in [7, 11) is 0. The molecule has 2 rings (SSSR count). The maximum absolute atomic E-state index is 5.39. The van der Waals surface area contributed by atoms with Crippen molar-refractivity contribution in [2.24, 2.45) is 0 Å². The summed E-state index contributed by atoms with van der Waals surface area (Å²) < 4.78 is 5.39. The lowest BCUT2D eigenvalue weighted by Crippen LogP contribution is -2.36. The largest absolute Gasteiger partial charge is 0.381 e. The number of hydrogen-bond acceptors (Lipinski definition) is 3. The van der Waals surface area contributed by atoms with Crippen molar-refractivity contribution in [1.82, 2.24) is 5.32 Å². The highest BCUT2D eigenvalue weighted by atomic mass is 32.2. The zero-order valence-electron chi connectivity index (χ0n) is 11.3. The number of benzene rings is 1. The van der Waals surface area contributed by atoms with Gasteiger partial charge in [-0.05, 0) is 43.2 Å². The first-order valence-corrected chi connectivity index (χ1v) is 7.84. The molecule has 0 amide bonds. The number of hydrogen-bond donors (Lipinski definition) is 1. The Kier molecular flexibility index (Phi) is 5.54. The van der Waals surface area contributed by atoms with E-state index in [0.717, 1.165) is 31.8 Å². The van der Waals surface area contributed by atoms with Crippen LogP contribution in [-0.4, -0.2) is 25.0 Å². The molecule has 1 fully saturated rings. The van der Waals surface area contributed by atoms with E-state index in [1.165, 1.54) is 10.5 Å². The fourth-order valence-electron chi connectivity index (χ4n) is 2.33. The number of thioether (sulfide) groups is 1. The molecule has 0 aliphatic carbocycles. The highest BCUT2D eigenvalue weighted by Gasteiger charge is 2.16. The van der Waals surface area contributed by atoms with Crippen LogP contribution in [-0.2, 0) is 4.74 Å². The molecule has 1 saturated heterocycles. The number of nitrogens with one attached hydrogen (secondary N) is 1. The van der Waals surface area contributed by atoms with E-state index in [0.29, 0.717) is 12.1 Å². The monoisotopic (exact) mass is 265 g/mol. The molecule has 1 aliphatic rings. The molecule has 18 heavy (non-hydrogen) atoms. The quantitative estimate of drug-likeness (QED) is 0.822. The average molecular weight is 265 g/mol. The molecule has 0 bridgehead atoms. The highest BCUT2D eigenvalue weighted by Crippen LogP contribution is 2.21. The highest BCUT2D eigenvalue weighted by molar-refractivity contribution is 7.99. The SMILES string of the molecule is CCSc1ccc([C@@H](C)NC2CCOCC2)cc1. The molecule has 1 atom stereocenters. The van der Waals surface area contributed by atoms with Crippen LogP contribution >= 0.6 is 11.8 Å². The first-order valence-electron chi connectivity index (χ1n) is 6.86. The number of ether oxygens (including phenoxy) is 1. The van der Waals surface area contributed by atoms with Gasteiger partial charge in [-0.25, -0.2) is 0 Å². The van der Waals surface area contributed by atoms with Crippen LogP contribution < -0.4 is 5.32 Å². The van der Waals surface area contributed by atoms with Gasteiger partial charge < -0.3 is 10.1 Å². The topological polar surface area (TPSA) is 21.3 Å². The van der Waals surface area contributed by atoms with Gasteiger partial charge in [-0.2, -0.15) is 0 Å². The van der Waals surface area contributed by atoms with E-state index in [9.17, 15) is 0 Å². The van der Waals surface area contributed by atoms with Gasteiger partial charge in [0.1, 0.15) is 0 Å². The molecular weight excluding hydrogens is 242 g/mol. The molecule has 2 nitrogen and oxygen atoms in total. The minimum Gasteiger partial charge on any atom is -0.381 e. The predicted molar refractivity (Wildman–Crippen MR) is 78.2 cm³/mol. The van der Waals surface area contributed by atoms with Crippen LogP contribution in [0.5, 0.6) is 0 Å². The number of rotatable bonds is 5. The zero-order valence-corrected chi connectivity index (χ0v) is 12.1. The summed E-state index contributed by atoms with van der Waals surface area (Å²) in [6.45, 7) is 6.23. The first kappa shape index (κ1) is 13.9. The van der Waals surface area contributed by atoms with Gasteiger partial charge in [0.25, 0.3) is 0 Å². The Morgan fingerprint density at radius 2 is 1.94 bits per heavy atom. The van der Waals surface area contributed by atoms with Gasteiger partial charge >= 0.3 is 0 Å². The van der Waals surface area contributed by atoms with Crippen molar-refractivity contribution in [3.05, 3.63) is 29.8 Å². The summed E-state index contributed by atoms with van der Waals surface area (Å²) in [5.74, 6) is 1.13. The molecule has 1 aliphatic heterocycles. The van der Waals surface area contributed by atoms with E-state index >= 15 is 0 Å². The smallest absolute Gasteiger partial charge is 0.0480 e. The molecule has 0 spiro atoms. The van der Waals surface area contributed by atoms with E-state index in [2.05, 4.69) is 43.4 Å². The lowest BCUT2D eigenvalue weighted by molar-refractivity contribution is 0.0754. The van der Waals surface area contributed by atoms with Crippen molar-refractivity contribution in [2.75, 3.05) is 19.0 Å². The standard InChI is InChI=1S/C15H23NOS/c1-3-18-15-6-4-13(5-7-15)12(2)16-14-8-10-17-11-9-14/h4-7,12,14,16H,3,8-11H2,1-2H3/t12-/m1/s1. The predicted octanol–water partition coefficient (Wildman–Crippen LogP) is 3.63. The van der Waals surface area contributed by atoms with E-state index in [1.807, 2.05) is 11.8 Å². The van der Waals surface area contributed by atoms with Crippen LogP contribution in [0.1, 0.15) is 38.3 Å². The van der Waals surface area contributed by atoms with Gasteiger partial charge in [0.05, 0.1) is 0 Å². The summed E-state index contributed by atoms with van der Waals surface area (Å²) in [4.78, 5) is 1.36. The van der Waals surface area contributed by atoms with Gasteiger partial charge in [0, 0.05) is 30.2 Å². The summed E-state index contributed by atoms with van der Waals surface area (Å²) >= 11 is 1.89. The second-order valence-corrected chi connectivity index (χ2v) is 6.11. The van der Waals surface area contributed by atoms with Crippen LogP contribution in [0.3, 0.4) is 0 Å².